The lowest BCUT2D eigenvalue weighted by Crippen LogP contribution is -2.09. The van der Waals surface area contributed by atoms with Crippen molar-refractivity contribution < 1.29 is 23.8 Å². The van der Waals surface area contributed by atoms with Gasteiger partial charge in [0.15, 0.2) is 0 Å². The molecule has 8 aliphatic heterocycles. The van der Waals surface area contributed by atoms with Crippen LogP contribution in [0.15, 0.2) is 203 Å². The zero-order valence-electron chi connectivity index (χ0n) is 38.4. The highest BCUT2D eigenvalue weighted by Gasteiger charge is 2.25. The minimum Gasteiger partial charge on any atom is -0.457 e. The predicted octanol–water partition coefficient (Wildman–Crippen LogP) is 21.7. The zero-order valence-corrected chi connectivity index (χ0v) is 51.5. The van der Waals surface area contributed by atoms with Crippen LogP contribution in [0.2, 0.25) is 0 Å². The summed E-state index contributed by atoms with van der Waals surface area (Å²) in [5, 5.41) is 26.0. The van der Waals surface area contributed by atoms with Gasteiger partial charge in [0, 0.05) is 45.3 Å². The molecular formula is C54H34O5S16. The molecule has 0 unspecified atom stereocenters. The van der Waals surface area contributed by atoms with Crippen LogP contribution in [0.4, 0.5) is 0 Å². The van der Waals surface area contributed by atoms with Gasteiger partial charge in [-0.05, 0) is 160 Å². The summed E-state index contributed by atoms with van der Waals surface area (Å²) in [6.45, 7) is 0. The molecule has 5 nitrogen and oxygen atoms in total. The van der Waals surface area contributed by atoms with Crippen molar-refractivity contribution in [2.45, 2.75) is 25.7 Å². The molecule has 0 amide bonds. The molecule has 8 heterocycles. The van der Waals surface area contributed by atoms with Crippen LogP contribution in [0.1, 0.15) is 43.0 Å². The van der Waals surface area contributed by atoms with Crippen LogP contribution in [0.5, 0.6) is 23.0 Å². The third-order valence-electron chi connectivity index (χ3n) is 10.8. The standard InChI is InChI=1S/C54H34O5S16/c55-45(58-39-19-31(23-41-27-68-51(72-41)47-60-9-10-61-47)17-32(20-39)24-42-28-69-52(73-42)48-62-11-12-63-48)35-1-5-37(6-2-35)57-38-7-3-36(4-8-38)46(56)59-40-21-33(25-43-29-70-53(74-43)49-64-13-14-65-49)18-34(22-40)26-44-30-71-54(75-44)50-66-15-16-67-50/h1-22,27-30H,23-26H2. The summed E-state index contributed by atoms with van der Waals surface area (Å²) in [5.41, 5.74) is 5.20. The summed E-state index contributed by atoms with van der Waals surface area (Å²) in [6.07, 6.45) is 2.99. The van der Waals surface area contributed by atoms with Gasteiger partial charge in [0.2, 0.25) is 0 Å². The van der Waals surface area contributed by atoms with Crippen molar-refractivity contribution in [2.24, 2.45) is 0 Å². The second kappa shape index (κ2) is 25.7. The van der Waals surface area contributed by atoms with Crippen molar-refractivity contribution in [3.05, 3.63) is 237 Å². The Bertz CT molecular complexity index is 2980. The van der Waals surface area contributed by atoms with E-state index in [1.807, 2.05) is 71.3 Å². The van der Waals surface area contributed by atoms with E-state index in [4.69, 9.17) is 14.2 Å². The van der Waals surface area contributed by atoms with Gasteiger partial charge in [0.05, 0.1) is 45.0 Å². The van der Waals surface area contributed by atoms with Crippen LogP contribution >= 0.6 is 188 Å². The predicted molar refractivity (Wildman–Crippen MR) is 349 cm³/mol. The average Bonchev–Trinajstić information content (AvgIpc) is 4.24. The zero-order chi connectivity index (χ0) is 50.5. The normalized spacial score (nSPS) is 18.8. The van der Waals surface area contributed by atoms with E-state index in [1.165, 1.54) is 53.5 Å². The minimum atomic E-state index is -0.448. The molecule has 0 spiro atoms. The topological polar surface area (TPSA) is 61.8 Å². The SMILES string of the molecule is O=C(Oc1cc(CC2=CSC(=C3SC=CS3)S2)cc(CC2=CSC(=C3SC=CS3)S2)c1)c1ccc(Oc2ccc(C(=O)Oc3cc(CC4=CSC(=C5SC=CS5)S4)cc(CC4=CSC(=C5SC=CS5)S4)c3)cc2)cc1. The van der Waals surface area contributed by atoms with Gasteiger partial charge in [-0.25, -0.2) is 9.59 Å². The number of ether oxygens (including phenoxy) is 3. The summed E-state index contributed by atoms with van der Waals surface area (Å²) >= 11 is 28.6. The van der Waals surface area contributed by atoms with Gasteiger partial charge in [-0.2, -0.15) is 0 Å². The van der Waals surface area contributed by atoms with E-state index in [0.29, 0.717) is 34.1 Å². The molecule has 8 aliphatic rings. The first-order valence-corrected chi connectivity index (χ1v) is 36.3. The van der Waals surface area contributed by atoms with Crippen LogP contribution in [0.25, 0.3) is 0 Å². The van der Waals surface area contributed by atoms with Gasteiger partial charge in [-0.1, -0.05) is 200 Å². The Kier molecular flexibility index (Phi) is 18.4. The highest BCUT2D eigenvalue weighted by molar-refractivity contribution is 8.35. The first-order chi connectivity index (χ1) is 36.8. The van der Waals surface area contributed by atoms with Crippen molar-refractivity contribution in [3.63, 3.8) is 0 Å². The summed E-state index contributed by atoms with van der Waals surface area (Å²) in [6, 6.07) is 26.3. The van der Waals surface area contributed by atoms with Crippen molar-refractivity contribution in [3.8, 4) is 23.0 Å². The van der Waals surface area contributed by atoms with Crippen LogP contribution < -0.4 is 14.2 Å². The molecule has 21 heteroatoms. The number of rotatable bonds is 14. The van der Waals surface area contributed by atoms with Gasteiger partial charge in [-0.3, -0.25) is 0 Å². The number of hydrogen-bond acceptors (Lipinski definition) is 21. The fraction of sp³-hybridized carbons (Fsp3) is 0.0741. The third-order valence-corrected chi connectivity index (χ3v) is 31.1. The highest BCUT2D eigenvalue weighted by Crippen LogP contribution is 2.57. The van der Waals surface area contributed by atoms with Gasteiger partial charge in [-0.15, -0.1) is 0 Å². The fourth-order valence-electron chi connectivity index (χ4n) is 7.60. The average molecular weight is 1280 g/mol. The van der Waals surface area contributed by atoms with E-state index in [2.05, 4.69) is 77.0 Å². The van der Waals surface area contributed by atoms with Crippen molar-refractivity contribution in [1.82, 2.24) is 0 Å². The second-order valence-corrected chi connectivity index (χ2v) is 33.6. The molecular weight excluding hydrogens is 1240 g/mol. The first kappa shape index (κ1) is 53.7. The smallest absolute Gasteiger partial charge is 0.343 e. The van der Waals surface area contributed by atoms with E-state index < -0.39 is 11.9 Å². The van der Waals surface area contributed by atoms with Crippen LogP contribution in [0.3, 0.4) is 0 Å². The molecule has 12 rings (SSSR count). The molecule has 0 aromatic heterocycles. The Hall–Kier alpha value is -1.90. The molecule has 0 aliphatic carbocycles. The molecule has 0 saturated carbocycles. The van der Waals surface area contributed by atoms with E-state index in [0.717, 1.165) is 47.9 Å². The van der Waals surface area contributed by atoms with Crippen molar-refractivity contribution in [1.29, 1.82) is 0 Å². The summed E-state index contributed by atoms with van der Waals surface area (Å²) in [5.74, 6) is 1.23. The molecule has 0 bridgehead atoms. The Labute approximate surface area is 503 Å². The van der Waals surface area contributed by atoms with E-state index in [9.17, 15) is 9.59 Å². The maximum absolute atomic E-state index is 13.7. The lowest BCUT2D eigenvalue weighted by atomic mass is 10.0. The lowest BCUT2D eigenvalue weighted by Gasteiger charge is -2.12. The van der Waals surface area contributed by atoms with Gasteiger partial charge < -0.3 is 14.2 Å². The van der Waals surface area contributed by atoms with Crippen LogP contribution in [-0.2, 0) is 25.7 Å². The Balaban J connectivity index is 0.689. The first-order valence-electron chi connectivity index (χ1n) is 22.5. The molecule has 0 N–H and O–H groups in total. The van der Waals surface area contributed by atoms with E-state index in [-0.39, 0.29) is 0 Å². The number of carbonyl (C=O) groups is 2. The monoisotopic (exact) mass is 1270 g/mol. The summed E-state index contributed by atoms with van der Waals surface area (Å²) < 4.78 is 29.0. The quantitative estimate of drug-likeness (QED) is 0.0888. The number of carbonyl (C=O) groups excluding carboxylic acids is 2. The van der Waals surface area contributed by atoms with E-state index in [1.54, 1.807) is 190 Å². The molecule has 0 saturated heterocycles. The molecule has 0 atom stereocenters. The van der Waals surface area contributed by atoms with Crippen LogP contribution in [-0.4, -0.2) is 11.9 Å². The molecule has 0 fully saturated rings. The van der Waals surface area contributed by atoms with Gasteiger partial charge >= 0.3 is 11.9 Å². The maximum Gasteiger partial charge on any atom is 0.343 e. The molecule has 4 aromatic carbocycles. The summed E-state index contributed by atoms with van der Waals surface area (Å²) in [7, 11) is 0. The van der Waals surface area contributed by atoms with Gasteiger partial charge in [0.25, 0.3) is 0 Å². The minimum absolute atomic E-state index is 0.405. The molecule has 0 radical (unpaired) electrons. The van der Waals surface area contributed by atoms with Crippen molar-refractivity contribution >= 4 is 200 Å². The number of esters is 2. The molecule has 4 aromatic rings. The van der Waals surface area contributed by atoms with Gasteiger partial charge in [0.1, 0.15) is 23.0 Å². The number of thioether (sulfide) groups is 16. The number of hydrogen-bond donors (Lipinski definition) is 0. The van der Waals surface area contributed by atoms with Crippen LogP contribution in [0, 0.1) is 0 Å². The lowest BCUT2D eigenvalue weighted by molar-refractivity contribution is 0.0725. The molecule has 376 valence electrons. The Morgan fingerprint density at radius 2 is 0.573 bits per heavy atom. The highest BCUT2D eigenvalue weighted by atomic mass is 32.2. The van der Waals surface area contributed by atoms with Crippen molar-refractivity contribution in [2.75, 3.05) is 0 Å². The molecule has 75 heavy (non-hydrogen) atoms. The third kappa shape index (κ3) is 14.2. The Morgan fingerprint density at radius 1 is 0.307 bits per heavy atom. The number of benzene rings is 4. The largest absolute Gasteiger partial charge is 0.457 e. The fourth-order valence-corrected chi connectivity index (χ4v) is 25.7. The van der Waals surface area contributed by atoms with E-state index >= 15 is 0 Å². The Morgan fingerprint density at radius 3 is 0.840 bits per heavy atom. The summed E-state index contributed by atoms with van der Waals surface area (Å²) in [4.78, 5) is 32.5. The maximum atomic E-state index is 13.7. The number of allylic oxidation sites excluding steroid dienone is 4. The second-order valence-electron chi connectivity index (χ2n) is 16.2.